The fourth-order valence-corrected chi connectivity index (χ4v) is 2.63. The third-order valence-corrected chi connectivity index (χ3v) is 4.06. The van der Waals surface area contributed by atoms with Crippen LogP contribution in [-0.2, 0) is 22.3 Å². The number of hydrogen-bond acceptors (Lipinski definition) is 5. The number of amides is 1. The number of nitrogens with one attached hydrogen (secondary N) is 1. The molecule has 0 heterocycles. The van der Waals surface area contributed by atoms with Crippen LogP contribution in [0, 0.1) is 0 Å². The smallest absolute Gasteiger partial charge is 0.416 e. The van der Waals surface area contributed by atoms with Gasteiger partial charge in [0.1, 0.15) is 17.5 Å². The van der Waals surface area contributed by atoms with E-state index in [1.54, 1.807) is 13.8 Å². The molecule has 0 aromatic heterocycles. The minimum atomic E-state index is -4.44. The highest BCUT2D eigenvalue weighted by atomic mass is 19.4. The monoisotopic (exact) mass is 436 g/mol. The summed E-state index contributed by atoms with van der Waals surface area (Å²) in [6.45, 7) is 3.30. The van der Waals surface area contributed by atoms with E-state index in [1.165, 1.54) is 43.5 Å². The summed E-state index contributed by atoms with van der Waals surface area (Å²) in [5.41, 5.74) is 0.169. The fourth-order valence-electron chi connectivity index (χ4n) is 2.63. The highest BCUT2D eigenvalue weighted by Gasteiger charge is 2.29. The van der Waals surface area contributed by atoms with Crippen molar-refractivity contribution >= 4 is 18.0 Å². The zero-order valence-electron chi connectivity index (χ0n) is 17.1. The predicted molar refractivity (Wildman–Crippen MR) is 105 cm³/mol. The Kier molecular flexibility index (Phi) is 7.68. The summed E-state index contributed by atoms with van der Waals surface area (Å²) in [6.07, 6.45) is -3.61. The topological polar surface area (TPSA) is 87.7 Å². The number of benzene rings is 2. The Morgan fingerprint density at radius 2 is 1.77 bits per heavy atom. The van der Waals surface area contributed by atoms with E-state index < -0.39 is 35.5 Å². The molecule has 0 atom stereocenters. The molecule has 0 spiro atoms. The first-order chi connectivity index (χ1) is 14.5. The molecule has 0 saturated carbocycles. The molecule has 1 amide bonds. The third-order valence-electron chi connectivity index (χ3n) is 4.06. The van der Waals surface area contributed by atoms with Gasteiger partial charge in [-0.05, 0) is 55.3 Å². The Morgan fingerprint density at radius 1 is 1.13 bits per heavy atom. The zero-order valence-corrected chi connectivity index (χ0v) is 17.1. The second-order valence-corrected chi connectivity index (χ2v) is 6.80. The molecule has 0 bridgehead atoms. The predicted octanol–water partition coefficient (Wildman–Crippen LogP) is 3.16. The molecule has 166 valence electrons. The largest absolute Gasteiger partial charge is 0.542 e. The number of carboxylic acids is 1. The molecule has 0 radical (unpaired) electrons. The van der Waals surface area contributed by atoms with Crippen molar-refractivity contribution in [2.75, 3.05) is 7.11 Å². The molecule has 2 aromatic rings. The average Bonchev–Trinajstić information content (AvgIpc) is 2.70. The van der Waals surface area contributed by atoms with Gasteiger partial charge in [0.25, 0.3) is 5.91 Å². The Bertz CT molecular complexity index is 966. The Hall–Kier alpha value is -3.49. The van der Waals surface area contributed by atoms with Gasteiger partial charge in [-0.1, -0.05) is 18.2 Å². The Morgan fingerprint density at radius 3 is 2.29 bits per heavy atom. The highest BCUT2D eigenvalue weighted by Crippen LogP contribution is 2.29. The Balaban J connectivity index is 2.21. The van der Waals surface area contributed by atoms with E-state index in [1.807, 2.05) is 0 Å². The molecular formula is C22H21F3NO5-. The summed E-state index contributed by atoms with van der Waals surface area (Å²) in [5, 5.41) is 13.9. The lowest BCUT2D eigenvalue weighted by Gasteiger charge is -2.15. The van der Waals surface area contributed by atoms with Gasteiger partial charge >= 0.3 is 6.18 Å². The van der Waals surface area contributed by atoms with E-state index in [9.17, 15) is 27.9 Å². The zero-order chi connectivity index (χ0) is 23.2. The van der Waals surface area contributed by atoms with Crippen molar-refractivity contribution in [2.24, 2.45) is 0 Å². The van der Waals surface area contributed by atoms with E-state index >= 15 is 0 Å². The molecule has 0 fully saturated rings. The number of hydrogen-bond donors (Lipinski definition) is 1. The van der Waals surface area contributed by atoms with Crippen LogP contribution in [0.1, 0.15) is 40.9 Å². The molecule has 0 aliphatic carbocycles. The number of aliphatic carboxylic acids is 1. The molecule has 9 heteroatoms. The van der Waals surface area contributed by atoms with Crippen LogP contribution in [0.5, 0.6) is 5.75 Å². The van der Waals surface area contributed by atoms with Gasteiger partial charge in [0.15, 0.2) is 0 Å². The summed E-state index contributed by atoms with van der Waals surface area (Å²) in [7, 11) is 1.37. The lowest BCUT2D eigenvalue weighted by Crippen LogP contribution is -2.27. The molecule has 6 nitrogen and oxygen atoms in total. The van der Waals surface area contributed by atoms with Crippen LogP contribution in [0.15, 0.2) is 48.2 Å². The molecule has 0 aliphatic rings. The Labute approximate surface area is 177 Å². The van der Waals surface area contributed by atoms with Gasteiger partial charge in [0, 0.05) is 6.54 Å². The molecule has 1 N–H and O–H groups in total. The summed E-state index contributed by atoms with van der Waals surface area (Å²) >= 11 is 0. The minimum absolute atomic E-state index is 0.0129. The number of methoxy groups -OCH3 is 1. The average molecular weight is 436 g/mol. The standard InChI is InChI=1S/C22H22F3NO5/c1-13(2)31-19(21(28)29)11-15-6-9-18(30-3)17(10-15)20(27)26-12-14-4-7-16(8-5-14)22(23,24)25/h4-11,13H,12H2,1-3H3,(H,26,27)(H,28,29)/p-1/b19-11-. The second-order valence-electron chi connectivity index (χ2n) is 6.80. The van der Waals surface area contributed by atoms with Crippen LogP contribution in [0.4, 0.5) is 13.2 Å². The van der Waals surface area contributed by atoms with Crippen LogP contribution in [-0.4, -0.2) is 25.1 Å². The van der Waals surface area contributed by atoms with Crippen LogP contribution in [0.25, 0.3) is 6.08 Å². The van der Waals surface area contributed by atoms with E-state index in [4.69, 9.17) is 9.47 Å². The van der Waals surface area contributed by atoms with E-state index in [0.29, 0.717) is 11.1 Å². The van der Waals surface area contributed by atoms with Crippen molar-refractivity contribution in [2.45, 2.75) is 32.7 Å². The third kappa shape index (κ3) is 6.77. The van der Waals surface area contributed by atoms with Gasteiger partial charge in [-0.15, -0.1) is 0 Å². The number of carboxylic acid groups (broad SMARTS) is 1. The van der Waals surface area contributed by atoms with Gasteiger partial charge in [-0.2, -0.15) is 13.2 Å². The number of carbonyl (C=O) groups is 2. The number of ether oxygens (including phenoxy) is 2. The maximum atomic E-state index is 12.6. The normalized spacial score (nSPS) is 11.9. The summed E-state index contributed by atoms with van der Waals surface area (Å²) in [5.74, 6) is -2.21. The van der Waals surface area contributed by atoms with Gasteiger partial charge in [0.2, 0.25) is 0 Å². The summed E-state index contributed by atoms with van der Waals surface area (Å²) < 4.78 is 48.3. The lowest BCUT2D eigenvalue weighted by atomic mass is 10.1. The number of carbonyl (C=O) groups excluding carboxylic acids is 2. The van der Waals surface area contributed by atoms with Crippen LogP contribution in [0.2, 0.25) is 0 Å². The minimum Gasteiger partial charge on any atom is -0.542 e. The molecule has 0 unspecified atom stereocenters. The molecule has 0 aliphatic heterocycles. The first-order valence-electron chi connectivity index (χ1n) is 9.23. The van der Waals surface area contributed by atoms with Crippen molar-refractivity contribution in [3.05, 3.63) is 70.5 Å². The number of alkyl halides is 3. The number of halogens is 3. The maximum absolute atomic E-state index is 12.6. The summed E-state index contributed by atoms with van der Waals surface area (Å²) in [6, 6.07) is 8.85. The fraction of sp³-hybridized carbons (Fsp3) is 0.273. The van der Waals surface area contributed by atoms with Gasteiger partial charge in [0.05, 0.1) is 24.3 Å². The van der Waals surface area contributed by atoms with Crippen LogP contribution in [0.3, 0.4) is 0 Å². The molecule has 31 heavy (non-hydrogen) atoms. The number of rotatable bonds is 8. The molecule has 0 saturated heterocycles. The first-order valence-corrected chi connectivity index (χ1v) is 9.23. The lowest BCUT2D eigenvalue weighted by molar-refractivity contribution is -0.303. The van der Waals surface area contributed by atoms with Crippen molar-refractivity contribution in [1.29, 1.82) is 0 Å². The van der Waals surface area contributed by atoms with E-state index in [-0.39, 0.29) is 17.9 Å². The summed E-state index contributed by atoms with van der Waals surface area (Å²) in [4.78, 5) is 23.9. The maximum Gasteiger partial charge on any atom is 0.416 e. The van der Waals surface area contributed by atoms with Gasteiger partial charge < -0.3 is 24.7 Å². The van der Waals surface area contributed by atoms with E-state index in [0.717, 1.165) is 12.1 Å². The SMILES string of the molecule is COc1ccc(/C=C(\OC(C)C)C(=O)[O-])cc1C(=O)NCc1ccc(C(F)(F)F)cc1. The van der Waals surface area contributed by atoms with Gasteiger partial charge in [-0.25, -0.2) is 0 Å². The molecule has 2 rings (SSSR count). The van der Waals surface area contributed by atoms with Crippen molar-refractivity contribution < 1.29 is 37.3 Å². The quantitative estimate of drug-likeness (QED) is 0.507. The van der Waals surface area contributed by atoms with Crippen molar-refractivity contribution in [1.82, 2.24) is 5.32 Å². The van der Waals surface area contributed by atoms with Crippen LogP contribution >= 0.6 is 0 Å². The second kappa shape index (κ2) is 10.0. The molecule has 2 aromatic carbocycles. The highest BCUT2D eigenvalue weighted by molar-refractivity contribution is 5.98. The first kappa shape index (κ1) is 23.8. The van der Waals surface area contributed by atoms with Gasteiger partial charge in [-0.3, -0.25) is 4.79 Å². The van der Waals surface area contributed by atoms with Crippen molar-refractivity contribution in [3.63, 3.8) is 0 Å². The van der Waals surface area contributed by atoms with Crippen molar-refractivity contribution in [3.8, 4) is 5.75 Å². The van der Waals surface area contributed by atoms with Crippen LogP contribution < -0.4 is 15.2 Å². The van der Waals surface area contributed by atoms with E-state index in [2.05, 4.69) is 5.32 Å². The molecular weight excluding hydrogens is 415 g/mol.